The molecule has 0 N–H and O–H groups in total. The molecular formula is C58H43N3. The summed E-state index contributed by atoms with van der Waals surface area (Å²) in [4.78, 5) is 16.0. The van der Waals surface area contributed by atoms with E-state index in [-0.39, 0.29) is 5.41 Å². The molecule has 3 heteroatoms. The molecule has 0 bridgehead atoms. The van der Waals surface area contributed by atoms with E-state index in [1.807, 2.05) is 6.07 Å². The summed E-state index contributed by atoms with van der Waals surface area (Å²) in [6.45, 7) is 4.67. The van der Waals surface area contributed by atoms with Gasteiger partial charge in [-0.2, -0.15) is 0 Å². The normalized spacial score (nSPS) is 14.8. The van der Waals surface area contributed by atoms with Crippen molar-refractivity contribution >= 4 is 10.9 Å². The van der Waals surface area contributed by atoms with Crippen LogP contribution >= 0.6 is 0 Å². The lowest BCUT2D eigenvalue weighted by Crippen LogP contribution is -2.14. The van der Waals surface area contributed by atoms with Crippen LogP contribution in [0.25, 0.3) is 89.4 Å². The molecule has 9 aromatic rings. The zero-order valence-corrected chi connectivity index (χ0v) is 34.3. The van der Waals surface area contributed by atoms with Crippen molar-refractivity contribution in [2.75, 3.05) is 0 Å². The number of hydrogen-bond acceptors (Lipinski definition) is 3. The second-order valence-corrected chi connectivity index (χ2v) is 16.8. The maximum absolute atomic E-state index is 5.45. The van der Waals surface area contributed by atoms with Crippen molar-refractivity contribution in [3.8, 4) is 78.5 Å². The van der Waals surface area contributed by atoms with Gasteiger partial charge in [0.1, 0.15) is 0 Å². The van der Waals surface area contributed by atoms with Crippen molar-refractivity contribution in [1.29, 1.82) is 0 Å². The molecule has 0 aliphatic heterocycles. The van der Waals surface area contributed by atoms with Crippen molar-refractivity contribution in [2.24, 2.45) is 0 Å². The highest BCUT2D eigenvalue weighted by atomic mass is 14.9. The first kappa shape index (κ1) is 36.6. The first-order valence-electron chi connectivity index (χ1n) is 21.2. The summed E-state index contributed by atoms with van der Waals surface area (Å²) in [6.07, 6.45) is 9.79. The van der Waals surface area contributed by atoms with Gasteiger partial charge in [0.15, 0.2) is 5.82 Å². The van der Waals surface area contributed by atoms with Gasteiger partial charge in [0.2, 0.25) is 0 Å². The summed E-state index contributed by atoms with van der Waals surface area (Å²) in [5.74, 6) is 1.04. The quantitative estimate of drug-likeness (QED) is 0.162. The zero-order valence-electron chi connectivity index (χ0n) is 34.3. The third-order valence-electron chi connectivity index (χ3n) is 12.6. The average molecular weight is 782 g/mol. The van der Waals surface area contributed by atoms with Gasteiger partial charge < -0.3 is 0 Å². The predicted molar refractivity (Wildman–Crippen MR) is 253 cm³/mol. The van der Waals surface area contributed by atoms with E-state index in [2.05, 4.69) is 214 Å². The molecule has 0 radical (unpaired) electrons. The zero-order chi connectivity index (χ0) is 40.9. The molecule has 3 nitrogen and oxygen atoms in total. The number of aromatic nitrogens is 3. The molecule has 1 atom stereocenters. The highest BCUT2D eigenvalue weighted by Crippen LogP contribution is 2.50. The van der Waals surface area contributed by atoms with Gasteiger partial charge in [0.05, 0.1) is 22.6 Å². The number of benzene rings is 7. The van der Waals surface area contributed by atoms with Crippen molar-refractivity contribution < 1.29 is 0 Å². The van der Waals surface area contributed by atoms with E-state index in [4.69, 9.17) is 15.0 Å². The lowest BCUT2D eigenvalue weighted by atomic mass is 9.82. The van der Waals surface area contributed by atoms with Crippen LogP contribution in [0.2, 0.25) is 0 Å². The third-order valence-corrected chi connectivity index (χ3v) is 12.6. The SMILES string of the molecule is CC1(C)c2ccccc2-c2cc3c(-c4cccc(-c5nc(-c6ccccc6)cc(-c6cccc(C7C=CC=CC7)c6)n5)c4)cc(-c4cccc(-c5ccccc5)c4)nc3cc21. The van der Waals surface area contributed by atoms with E-state index < -0.39 is 0 Å². The topological polar surface area (TPSA) is 38.7 Å². The lowest BCUT2D eigenvalue weighted by Gasteiger charge is -2.22. The molecule has 1 unspecified atom stereocenters. The Kier molecular flexibility index (Phi) is 8.97. The van der Waals surface area contributed by atoms with E-state index in [9.17, 15) is 0 Å². The van der Waals surface area contributed by atoms with Crippen molar-refractivity contribution in [1.82, 2.24) is 15.0 Å². The van der Waals surface area contributed by atoms with Crippen molar-refractivity contribution in [3.05, 3.63) is 223 Å². The second kappa shape index (κ2) is 15.0. The van der Waals surface area contributed by atoms with Gasteiger partial charge in [0, 0.05) is 39.0 Å². The Balaban J connectivity index is 1.09. The van der Waals surface area contributed by atoms with Gasteiger partial charge in [-0.1, -0.05) is 178 Å². The van der Waals surface area contributed by atoms with Gasteiger partial charge in [-0.3, -0.25) is 0 Å². The molecule has 11 rings (SSSR count). The lowest BCUT2D eigenvalue weighted by molar-refractivity contribution is 0.661. The molecular weight excluding hydrogens is 739 g/mol. The number of hydrogen-bond donors (Lipinski definition) is 0. The minimum absolute atomic E-state index is 0.145. The summed E-state index contributed by atoms with van der Waals surface area (Å²) in [6, 6.07) is 65.3. The van der Waals surface area contributed by atoms with Crippen LogP contribution in [0.15, 0.2) is 206 Å². The molecule has 7 aromatic carbocycles. The molecule has 2 aliphatic rings. The minimum atomic E-state index is -0.145. The van der Waals surface area contributed by atoms with Crippen LogP contribution < -0.4 is 0 Å². The van der Waals surface area contributed by atoms with Crippen molar-refractivity contribution in [2.45, 2.75) is 31.6 Å². The maximum Gasteiger partial charge on any atom is 0.160 e. The third kappa shape index (κ3) is 6.69. The van der Waals surface area contributed by atoms with Gasteiger partial charge >= 0.3 is 0 Å². The van der Waals surface area contributed by atoms with Gasteiger partial charge in [-0.15, -0.1) is 0 Å². The first-order chi connectivity index (χ1) is 30.0. The van der Waals surface area contributed by atoms with Crippen LogP contribution in [0, 0.1) is 0 Å². The highest BCUT2D eigenvalue weighted by molar-refractivity contribution is 6.02. The molecule has 0 saturated heterocycles. The fraction of sp³-hybridized carbons (Fsp3) is 0.0862. The first-order valence-corrected chi connectivity index (χ1v) is 21.2. The Bertz CT molecular complexity index is 3190. The Morgan fingerprint density at radius 3 is 1.84 bits per heavy atom. The van der Waals surface area contributed by atoms with E-state index in [1.165, 1.54) is 33.4 Å². The number of fused-ring (bicyclic) bond motifs is 4. The molecule has 0 spiro atoms. The molecule has 2 heterocycles. The van der Waals surface area contributed by atoms with Gasteiger partial charge in [-0.05, 0) is 99.0 Å². The Morgan fingerprint density at radius 1 is 0.426 bits per heavy atom. The molecule has 0 fully saturated rings. The molecule has 0 saturated carbocycles. The van der Waals surface area contributed by atoms with Crippen LogP contribution in [0.4, 0.5) is 0 Å². The summed E-state index contributed by atoms with van der Waals surface area (Å²) < 4.78 is 0. The number of allylic oxidation sites excluding steroid dienone is 4. The standard InChI is InChI=1S/C58H43N3/c1-58(2)51-30-13-12-29-47(51)49-34-50-48(35-53(59-56(50)36-52(49)58)44-26-14-23-41(31-44)38-17-6-3-7-18-38)43-25-16-28-46(33-43)57-60-54(40-21-10-5-11-22-40)37-55(61-57)45-27-15-24-42(32-45)39-19-8-4-9-20-39/h3-19,21-37,39H,20H2,1-2H3. The number of pyridine rings is 1. The van der Waals surface area contributed by atoms with E-state index in [0.717, 1.165) is 73.3 Å². The average Bonchev–Trinajstić information content (AvgIpc) is 3.56. The monoisotopic (exact) mass is 781 g/mol. The minimum Gasteiger partial charge on any atom is -0.248 e. The van der Waals surface area contributed by atoms with Crippen LogP contribution in [0.1, 0.15) is 42.9 Å². The fourth-order valence-electron chi connectivity index (χ4n) is 9.36. The summed E-state index contributed by atoms with van der Waals surface area (Å²) in [5, 5.41) is 1.12. The van der Waals surface area contributed by atoms with Gasteiger partial charge in [0.25, 0.3) is 0 Å². The molecule has 290 valence electrons. The van der Waals surface area contributed by atoms with Crippen LogP contribution in [-0.4, -0.2) is 15.0 Å². The predicted octanol–water partition coefficient (Wildman–Crippen LogP) is 14.9. The molecule has 61 heavy (non-hydrogen) atoms. The number of rotatable bonds is 7. The smallest absolute Gasteiger partial charge is 0.160 e. The summed E-state index contributed by atoms with van der Waals surface area (Å²) in [5.41, 5.74) is 18.8. The summed E-state index contributed by atoms with van der Waals surface area (Å²) >= 11 is 0. The van der Waals surface area contributed by atoms with Crippen LogP contribution in [0.3, 0.4) is 0 Å². The Labute approximate surface area is 357 Å². The molecule has 2 aliphatic carbocycles. The van der Waals surface area contributed by atoms with Crippen LogP contribution in [-0.2, 0) is 5.41 Å². The van der Waals surface area contributed by atoms with Gasteiger partial charge in [-0.25, -0.2) is 15.0 Å². The van der Waals surface area contributed by atoms with E-state index >= 15 is 0 Å². The second-order valence-electron chi connectivity index (χ2n) is 16.8. The largest absolute Gasteiger partial charge is 0.248 e. The number of nitrogens with zero attached hydrogens (tertiary/aromatic N) is 3. The Morgan fingerprint density at radius 2 is 1.05 bits per heavy atom. The van der Waals surface area contributed by atoms with E-state index in [1.54, 1.807) is 0 Å². The fourth-order valence-corrected chi connectivity index (χ4v) is 9.36. The summed E-state index contributed by atoms with van der Waals surface area (Å²) in [7, 11) is 0. The molecule has 2 aromatic heterocycles. The van der Waals surface area contributed by atoms with Crippen molar-refractivity contribution in [3.63, 3.8) is 0 Å². The Hall–Kier alpha value is -7.49. The molecule has 0 amide bonds. The van der Waals surface area contributed by atoms with E-state index in [0.29, 0.717) is 11.7 Å². The van der Waals surface area contributed by atoms with Crippen LogP contribution in [0.5, 0.6) is 0 Å². The highest BCUT2D eigenvalue weighted by Gasteiger charge is 2.36. The maximum atomic E-state index is 5.45.